The van der Waals surface area contributed by atoms with Gasteiger partial charge in [-0.2, -0.15) is 0 Å². The van der Waals surface area contributed by atoms with E-state index >= 15 is 0 Å². The maximum absolute atomic E-state index is 10.4. The highest BCUT2D eigenvalue weighted by atomic mass is 32.2. The lowest BCUT2D eigenvalue weighted by atomic mass is 9.94. The van der Waals surface area contributed by atoms with Crippen LogP contribution < -0.4 is 5.32 Å². The third-order valence-electron chi connectivity index (χ3n) is 4.40. The van der Waals surface area contributed by atoms with Gasteiger partial charge in [0.1, 0.15) is 24.4 Å². The first-order valence-corrected chi connectivity index (χ1v) is 10.3. The van der Waals surface area contributed by atoms with Gasteiger partial charge < -0.3 is 20.6 Å². The second-order valence-electron chi connectivity index (χ2n) is 6.54. The number of rotatable bonds is 8. The molecule has 0 fully saturated rings. The van der Waals surface area contributed by atoms with E-state index in [1.54, 1.807) is 17.8 Å². The summed E-state index contributed by atoms with van der Waals surface area (Å²) in [6.07, 6.45) is 2.50. The number of fused-ring (bicyclic) bond motifs is 1. The number of unbranched alkanes of at least 4 members (excludes halogenated alkanes) is 1. The van der Waals surface area contributed by atoms with Crippen LogP contribution in [0.1, 0.15) is 39.2 Å². The van der Waals surface area contributed by atoms with Crippen molar-refractivity contribution in [2.75, 3.05) is 17.6 Å². The number of nitrogens with one attached hydrogen (secondary N) is 1. The molecule has 4 N–H and O–H groups in total. The van der Waals surface area contributed by atoms with Gasteiger partial charge in [-0.3, -0.25) is 0 Å². The van der Waals surface area contributed by atoms with E-state index in [1.165, 1.54) is 10.8 Å². The van der Waals surface area contributed by atoms with Gasteiger partial charge in [-0.1, -0.05) is 49.4 Å². The number of aliphatic hydroxyl groups excluding tert-OH is 3. The Balaban J connectivity index is 2.01. The molecule has 0 aromatic carbocycles. The molecule has 148 valence electrons. The smallest absolute Gasteiger partial charge is 0.191 e. The first kappa shape index (κ1) is 20.0. The van der Waals surface area contributed by atoms with E-state index in [0.29, 0.717) is 22.1 Å². The van der Waals surface area contributed by atoms with Crippen molar-refractivity contribution in [1.29, 1.82) is 0 Å². The van der Waals surface area contributed by atoms with Crippen LogP contribution in [0.4, 0.5) is 5.82 Å². The average Bonchev–Trinajstić information content (AvgIpc) is 3.09. The number of hydrogen-bond acceptors (Lipinski definition) is 9. The van der Waals surface area contributed by atoms with Crippen molar-refractivity contribution in [3.63, 3.8) is 0 Å². The summed E-state index contributed by atoms with van der Waals surface area (Å²) in [4.78, 5) is 9.15. The zero-order valence-electron chi connectivity index (χ0n) is 15.5. The molecule has 0 bridgehead atoms. The Morgan fingerprint density at radius 1 is 1.11 bits per heavy atom. The molecule has 0 unspecified atom stereocenters. The zero-order chi connectivity index (χ0) is 19.4. The lowest BCUT2D eigenvalue weighted by Gasteiger charge is -2.30. The predicted molar refractivity (Wildman–Crippen MR) is 104 cm³/mol. The van der Waals surface area contributed by atoms with Crippen LogP contribution in [0.25, 0.3) is 11.2 Å². The Bertz CT molecular complexity index is 798. The molecular formula is C17H26N6O3S. The Hall–Kier alpha value is -1.75. The molecule has 0 saturated carbocycles. The molecule has 0 spiro atoms. The topological polar surface area (TPSA) is 129 Å². The molecule has 3 rings (SSSR count). The van der Waals surface area contributed by atoms with Crippen molar-refractivity contribution in [3.8, 4) is 0 Å². The average molecular weight is 395 g/mol. The Labute approximate surface area is 161 Å². The van der Waals surface area contributed by atoms with Gasteiger partial charge in [0.2, 0.25) is 0 Å². The number of nitrogens with zero attached hydrogens (tertiary/aromatic N) is 5. The summed E-state index contributed by atoms with van der Waals surface area (Å²) < 4.78 is 1.48. The van der Waals surface area contributed by atoms with Crippen molar-refractivity contribution in [1.82, 2.24) is 25.0 Å². The van der Waals surface area contributed by atoms with Gasteiger partial charge in [0.25, 0.3) is 0 Å². The van der Waals surface area contributed by atoms with E-state index in [9.17, 15) is 15.3 Å². The second kappa shape index (κ2) is 8.96. The van der Waals surface area contributed by atoms with Gasteiger partial charge in [-0.25, -0.2) is 14.6 Å². The SMILES string of the molecule is CCCCNc1nc(SCCC)nc2c1nnn2[C@@H]1C=C[C@H](O)[C@@H](O)[C@H]1O. The first-order valence-electron chi connectivity index (χ1n) is 9.29. The highest BCUT2D eigenvalue weighted by Crippen LogP contribution is 2.29. The largest absolute Gasteiger partial charge is 0.388 e. The standard InChI is InChI=1S/C17H26N6O3S/c1-3-5-8-18-15-12-16(20-17(19-15)27-9-4-2)23(22-21-12)10-6-7-11(24)14(26)13(10)25/h6-7,10-11,13-14,24-26H,3-5,8-9H2,1-2H3,(H,18,19,20)/t10-,11+,13+,14-/m1/s1. The molecule has 9 nitrogen and oxygen atoms in total. The predicted octanol–water partition coefficient (Wildman–Crippen LogP) is 1.13. The van der Waals surface area contributed by atoms with Crippen molar-refractivity contribution in [2.24, 2.45) is 0 Å². The van der Waals surface area contributed by atoms with E-state index in [2.05, 4.69) is 39.4 Å². The second-order valence-corrected chi connectivity index (χ2v) is 7.60. The monoisotopic (exact) mass is 394 g/mol. The molecule has 0 saturated heterocycles. The van der Waals surface area contributed by atoms with E-state index in [1.807, 2.05) is 0 Å². The highest BCUT2D eigenvalue weighted by Gasteiger charge is 2.35. The van der Waals surface area contributed by atoms with E-state index in [-0.39, 0.29) is 0 Å². The number of thioether (sulfide) groups is 1. The Kier molecular flexibility index (Phi) is 6.64. The molecule has 4 atom stereocenters. The van der Waals surface area contributed by atoms with Gasteiger partial charge in [-0.15, -0.1) is 5.10 Å². The molecule has 1 aliphatic rings. The van der Waals surface area contributed by atoms with Gasteiger partial charge in [-0.05, 0) is 12.8 Å². The minimum Gasteiger partial charge on any atom is -0.388 e. The number of aromatic nitrogens is 5. The molecule has 0 amide bonds. The zero-order valence-corrected chi connectivity index (χ0v) is 16.3. The van der Waals surface area contributed by atoms with Crippen LogP contribution in [0.2, 0.25) is 0 Å². The fraction of sp³-hybridized carbons (Fsp3) is 0.647. The Morgan fingerprint density at radius 2 is 1.93 bits per heavy atom. The normalized spacial score (nSPS) is 25.2. The molecule has 2 aromatic heterocycles. The summed E-state index contributed by atoms with van der Waals surface area (Å²) in [7, 11) is 0. The molecular weight excluding hydrogens is 368 g/mol. The van der Waals surface area contributed by atoms with Crippen LogP contribution in [0, 0.1) is 0 Å². The lowest BCUT2D eigenvalue weighted by Crippen LogP contribution is -2.44. The molecule has 2 heterocycles. The summed E-state index contributed by atoms with van der Waals surface area (Å²) in [6.45, 7) is 4.98. The summed E-state index contributed by atoms with van der Waals surface area (Å²) in [5.41, 5.74) is 1.01. The van der Waals surface area contributed by atoms with Crippen LogP contribution in [0.15, 0.2) is 17.3 Å². The summed E-state index contributed by atoms with van der Waals surface area (Å²) in [5, 5.41) is 42.3. The van der Waals surface area contributed by atoms with Crippen LogP contribution in [-0.2, 0) is 0 Å². The summed E-state index contributed by atoms with van der Waals surface area (Å²) in [5.74, 6) is 1.51. The summed E-state index contributed by atoms with van der Waals surface area (Å²) >= 11 is 1.55. The molecule has 0 aliphatic heterocycles. The van der Waals surface area contributed by atoms with Crippen LogP contribution in [0.3, 0.4) is 0 Å². The van der Waals surface area contributed by atoms with Crippen LogP contribution in [-0.4, -0.2) is 70.9 Å². The molecule has 27 heavy (non-hydrogen) atoms. The summed E-state index contributed by atoms with van der Waals surface area (Å²) in [6, 6.07) is -0.671. The molecule has 10 heteroatoms. The van der Waals surface area contributed by atoms with Crippen LogP contribution in [0.5, 0.6) is 0 Å². The maximum atomic E-state index is 10.4. The maximum Gasteiger partial charge on any atom is 0.191 e. The van der Waals surface area contributed by atoms with Crippen molar-refractivity contribution >= 4 is 28.7 Å². The minimum absolute atomic E-state index is 0.486. The van der Waals surface area contributed by atoms with Crippen LogP contribution >= 0.6 is 11.8 Å². The highest BCUT2D eigenvalue weighted by molar-refractivity contribution is 7.99. The minimum atomic E-state index is -1.29. The van der Waals surface area contributed by atoms with Gasteiger partial charge in [0.05, 0.1) is 0 Å². The fourth-order valence-corrected chi connectivity index (χ4v) is 3.55. The van der Waals surface area contributed by atoms with E-state index in [4.69, 9.17) is 0 Å². The van der Waals surface area contributed by atoms with E-state index < -0.39 is 24.4 Å². The van der Waals surface area contributed by atoms with Gasteiger partial charge in [0, 0.05) is 12.3 Å². The fourth-order valence-electron chi connectivity index (χ4n) is 2.86. The number of anilines is 1. The number of aliphatic hydroxyl groups is 3. The van der Waals surface area contributed by atoms with Gasteiger partial charge >= 0.3 is 0 Å². The van der Waals surface area contributed by atoms with Crippen molar-refractivity contribution < 1.29 is 15.3 Å². The van der Waals surface area contributed by atoms with Gasteiger partial charge in [0.15, 0.2) is 22.1 Å². The van der Waals surface area contributed by atoms with E-state index in [0.717, 1.165) is 31.6 Å². The lowest BCUT2D eigenvalue weighted by molar-refractivity contribution is -0.0636. The third kappa shape index (κ3) is 4.23. The van der Waals surface area contributed by atoms with Crippen molar-refractivity contribution in [2.45, 2.75) is 62.6 Å². The van der Waals surface area contributed by atoms with Crippen molar-refractivity contribution in [3.05, 3.63) is 12.2 Å². The number of hydrogen-bond donors (Lipinski definition) is 4. The quantitative estimate of drug-likeness (QED) is 0.225. The third-order valence-corrected chi connectivity index (χ3v) is 5.45. The molecule has 0 radical (unpaired) electrons. The molecule has 2 aromatic rings. The Morgan fingerprint density at radius 3 is 2.67 bits per heavy atom. The molecule has 1 aliphatic carbocycles. The first-order chi connectivity index (χ1) is 13.1.